The first-order valence-corrected chi connectivity index (χ1v) is 9.50. The highest BCUT2D eigenvalue weighted by molar-refractivity contribution is 5.94. The van der Waals surface area contributed by atoms with Crippen molar-refractivity contribution in [3.8, 4) is 5.75 Å². The molecular formula is C21H32N2O3. The maximum atomic E-state index is 12.6. The van der Waals surface area contributed by atoms with Crippen molar-refractivity contribution in [2.24, 2.45) is 0 Å². The highest BCUT2D eigenvalue weighted by Crippen LogP contribution is 2.30. The summed E-state index contributed by atoms with van der Waals surface area (Å²) < 4.78 is 5.35. The number of nitrogens with zero attached hydrogens (tertiary/aromatic N) is 1. The van der Waals surface area contributed by atoms with Crippen molar-refractivity contribution in [1.29, 1.82) is 0 Å². The van der Waals surface area contributed by atoms with Gasteiger partial charge in [-0.2, -0.15) is 0 Å². The van der Waals surface area contributed by atoms with Crippen LogP contribution in [-0.4, -0.2) is 49.9 Å². The number of ether oxygens (including phenoxy) is 1. The second-order valence-corrected chi connectivity index (χ2v) is 7.57. The van der Waals surface area contributed by atoms with Gasteiger partial charge in [-0.1, -0.05) is 25.7 Å². The molecule has 1 aliphatic rings. The average Bonchev–Trinajstić information content (AvgIpc) is 2.86. The third-order valence-corrected chi connectivity index (χ3v) is 5.64. The number of hydrogen-bond acceptors (Lipinski definition) is 4. The smallest absolute Gasteiger partial charge is 0.224 e. The van der Waals surface area contributed by atoms with Crippen molar-refractivity contribution in [2.75, 3.05) is 27.7 Å². The first-order chi connectivity index (χ1) is 12.4. The molecule has 0 aliphatic heterocycles. The Balaban J connectivity index is 2.05. The van der Waals surface area contributed by atoms with Crippen LogP contribution in [0.5, 0.6) is 5.75 Å². The van der Waals surface area contributed by atoms with Crippen LogP contribution in [0.15, 0.2) is 18.2 Å². The number of hydrogen-bond donors (Lipinski definition) is 1. The zero-order chi connectivity index (χ0) is 19.2. The van der Waals surface area contributed by atoms with E-state index in [1.54, 1.807) is 25.3 Å². The number of Topliss-reactive ketones (excluding diaryl/α,β-unsaturated/α-hetero) is 1. The lowest BCUT2D eigenvalue weighted by atomic mass is 9.88. The molecule has 0 aromatic heterocycles. The molecule has 1 saturated carbocycles. The van der Waals surface area contributed by atoms with Crippen LogP contribution in [0.3, 0.4) is 0 Å². The van der Waals surface area contributed by atoms with Gasteiger partial charge in [0.15, 0.2) is 5.78 Å². The summed E-state index contributed by atoms with van der Waals surface area (Å²) in [7, 11) is 5.80. The van der Waals surface area contributed by atoms with Gasteiger partial charge < -0.3 is 15.0 Å². The predicted molar refractivity (Wildman–Crippen MR) is 104 cm³/mol. The van der Waals surface area contributed by atoms with Gasteiger partial charge >= 0.3 is 0 Å². The number of carbonyl (C=O) groups is 2. The van der Waals surface area contributed by atoms with E-state index < -0.39 is 0 Å². The molecule has 1 fully saturated rings. The lowest BCUT2D eigenvalue weighted by molar-refractivity contribution is -0.121. The predicted octanol–water partition coefficient (Wildman–Crippen LogP) is 3.21. The normalized spacial score (nSPS) is 16.8. The molecule has 1 aromatic carbocycles. The summed E-state index contributed by atoms with van der Waals surface area (Å²) in [6, 6.07) is 5.25. The number of nitrogens with one attached hydrogen (secondary N) is 1. The van der Waals surface area contributed by atoms with Crippen LogP contribution < -0.4 is 10.1 Å². The summed E-state index contributed by atoms with van der Waals surface area (Å²) in [6.07, 6.45) is 7.42. The van der Waals surface area contributed by atoms with Crippen LogP contribution in [0.1, 0.15) is 61.4 Å². The molecule has 144 valence electrons. The molecule has 0 atom stereocenters. The molecule has 1 aliphatic carbocycles. The zero-order valence-corrected chi connectivity index (χ0v) is 16.6. The van der Waals surface area contributed by atoms with Gasteiger partial charge in [0.25, 0.3) is 0 Å². The second kappa shape index (κ2) is 9.17. The lowest BCUT2D eigenvalue weighted by Crippen LogP contribution is -2.52. The van der Waals surface area contributed by atoms with E-state index >= 15 is 0 Å². The van der Waals surface area contributed by atoms with Crippen LogP contribution in [0, 0.1) is 0 Å². The molecule has 26 heavy (non-hydrogen) atoms. The van der Waals surface area contributed by atoms with Gasteiger partial charge in [-0.05, 0) is 52.1 Å². The third kappa shape index (κ3) is 5.07. The highest BCUT2D eigenvalue weighted by atomic mass is 16.5. The van der Waals surface area contributed by atoms with E-state index in [-0.39, 0.29) is 23.7 Å². The van der Waals surface area contributed by atoms with E-state index in [4.69, 9.17) is 4.74 Å². The quantitative estimate of drug-likeness (QED) is 0.599. The average molecular weight is 360 g/mol. The Hall–Kier alpha value is -1.88. The SMILES string of the molecule is COc1ccc(C(C)=O)cc1CC(=O)NCC1(N(C)C)CCCCCC1. The summed E-state index contributed by atoms with van der Waals surface area (Å²) in [4.78, 5) is 26.5. The fourth-order valence-corrected chi connectivity index (χ4v) is 3.80. The fraction of sp³-hybridized carbons (Fsp3) is 0.619. The van der Waals surface area contributed by atoms with Gasteiger partial charge in [0.05, 0.1) is 13.5 Å². The van der Waals surface area contributed by atoms with Crippen molar-refractivity contribution in [3.63, 3.8) is 0 Å². The Morgan fingerprint density at radius 1 is 1.15 bits per heavy atom. The first-order valence-electron chi connectivity index (χ1n) is 9.50. The minimum atomic E-state index is -0.0329. The largest absolute Gasteiger partial charge is 0.496 e. The minimum Gasteiger partial charge on any atom is -0.496 e. The van der Waals surface area contributed by atoms with Crippen molar-refractivity contribution < 1.29 is 14.3 Å². The molecule has 0 heterocycles. The molecule has 2 rings (SSSR count). The van der Waals surface area contributed by atoms with Crippen LogP contribution >= 0.6 is 0 Å². The molecule has 0 spiro atoms. The standard InChI is InChI=1S/C21H32N2O3/c1-16(24)17-9-10-19(26-4)18(13-17)14-20(25)22-15-21(23(2)3)11-7-5-6-8-12-21/h9-10,13H,5-8,11-12,14-15H2,1-4H3,(H,22,25). The number of ketones is 1. The Kier molecular flexibility index (Phi) is 7.21. The van der Waals surface area contributed by atoms with Crippen LogP contribution in [-0.2, 0) is 11.2 Å². The summed E-state index contributed by atoms with van der Waals surface area (Å²) in [5, 5.41) is 3.13. The maximum absolute atomic E-state index is 12.6. The molecule has 0 saturated heterocycles. The van der Waals surface area contributed by atoms with Crippen LogP contribution in [0.2, 0.25) is 0 Å². The summed E-state index contributed by atoms with van der Waals surface area (Å²) in [5.41, 5.74) is 1.39. The molecule has 1 aromatic rings. The van der Waals surface area contributed by atoms with E-state index in [2.05, 4.69) is 24.3 Å². The molecule has 1 N–H and O–H groups in total. The number of carbonyl (C=O) groups excluding carboxylic acids is 2. The van der Waals surface area contributed by atoms with Gasteiger partial charge in [0, 0.05) is 23.2 Å². The molecular weight excluding hydrogens is 328 g/mol. The summed E-state index contributed by atoms with van der Waals surface area (Å²) >= 11 is 0. The highest BCUT2D eigenvalue weighted by Gasteiger charge is 2.33. The van der Waals surface area contributed by atoms with Gasteiger partial charge in [-0.3, -0.25) is 9.59 Å². The van der Waals surface area contributed by atoms with E-state index in [1.165, 1.54) is 32.6 Å². The number of likely N-dealkylation sites (N-methyl/N-ethyl adjacent to an activating group) is 1. The molecule has 1 amide bonds. The van der Waals surface area contributed by atoms with E-state index in [9.17, 15) is 9.59 Å². The summed E-state index contributed by atoms with van der Waals surface area (Å²) in [5.74, 6) is 0.593. The van der Waals surface area contributed by atoms with Crippen molar-refractivity contribution in [1.82, 2.24) is 10.2 Å². The molecule has 0 radical (unpaired) electrons. The van der Waals surface area contributed by atoms with Crippen molar-refractivity contribution in [3.05, 3.63) is 29.3 Å². The number of benzene rings is 1. The molecule has 0 unspecified atom stereocenters. The number of rotatable bonds is 7. The maximum Gasteiger partial charge on any atom is 0.224 e. The third-order valence-electron chi connectivity index (χ3n) is 5.64. The van der Waals surface area contributed by atoms with Gasteiger partial charge in [-0.15, -0.1) is 0 Å². The van der Waals surface area contributed by atoms with Crippen LogP contribution in [0.25, 0.3) is 0 Å². The van der Waals surface area contributed by atoms with Gasteiger partial charge in [-0.25, -0.2) is 0 Å². The number of amides is 1. The van der Waals surface area contributed by atoms with Gasteiger partial charge in [0.2, 0.25) is 5.91 Å². The Morgan fingerprint density at radius 2 is 1.81 bits per heavy atom. The second-order valence-electron chi connectivity index (χ2n) is 7.57. The Labute approximate surface area is 157 Å². The molecule has 5 nitrogen and oxygen atoms in total. The fourth-order valence-electron chi connectivity index (χ4n) is 3.80. The van der Waals surface area contributed by atoms with Gasteiger partial charge in [0.1, 0.15) is 5.75 Å². The lowest BCUT2D eigenvalue weighted by Gasteiger charge is -2.39. The molecule has 5 heteroatoms. The van der Waals surface area contributed by atoms with E-state index in [1.807, 2.05) is 0 Å². The first kappa shape index (κ1) is 20.4. The Morgan fingerprint density at radius 3 is 2.35 bits per heavy atom. The monoisotopic (exact) mass is 360 g/mol. The zero-order valence-electron chi connectivity index (χ0n) is 16.6. The van der Waals surface area contributed by atoms with Crippen LogP contribution in [0.4, 0.5) is 0 Å². The minimum absolute atomic E-state index is 0.0145. The molecule has 0 bridgehead atoms. The van der Waals surface area contributed by atoms with Crippen molar-refractivity contribution in [2.45, 2.75) is 57.4 Å². The summed E-state index contributed by atoms with van der Waals surface area (Å²) in [6.45, 7) is 2.19. The Bertz CT molecular complexity index is 632. The van der Waals surface area contributed by atoms with E-state index in [0.29, 0.717) is 17.9 Å². The topological polar surface area (TPSA) is 58.6 Å². The van der Waals surface area contributed by atoms with Crippen molar-refractivity contribution >= 4 is 11.7 Å². The number of methoxy groups -OCH3 is 1. The van der Waals surface area contributed by atoms with E-state index in [0.717, 1.165) is 18.4 Å².